The van der Waals surface area contributed by atoms with Crippen molar-refractivity contribution in [2.24, 2.45) is 0 Å². The van der Waals surface area contributed by atoms with Crippen molar-refractivity contribution >= 4 is 41.0 Å². The third-order valence-corrected chi connectivity index (χ3v) is 3.84. The molecule has 1 N–H and O–H groups in total. The van der Waals surface area contributed by atoms with Crippen LogP contribution in [0.25, 0.3) is 10.8 Å². The van der Waals surface area contributed by atoms with Gasteiger partial charge in [0.25, 0.3) is 0 Å². The molecule has 0 radical (unpaired) electrons. The third-order valence-electron chi connectivity index (χ3n) is 3.49. The van der Waals surface area contributed by atoms with Crippen LogP contribution in [-0.4, -0.2) is 28.8 Å². The number of nitrogens with zero attached hydrogens (tertiary/aromatic N) is 1. The average Bonchev–Trinajstić information content (AvgIpc) is 2.76. The number of benzene rings is 2. The van der Waals surface area contributed by atoms with Crippen molar-refractivity contribution in [3.8, 4) is 0 Å². The lowest BCUT2D eigenvalue weighted by atomic mass is 10.0. The first-order chi connectivity index (χ1) is 9.56. The van der Waals surface area contributed by atoms with E-state index in [0.29, 0.717) is 18.7 Å². The van der Waals surface area contributed by atoms with Gasteiger partial charge in [-0.05, 0) is 22.9 Å². The highest BCUT2D eigenvalue weighted by Crippen LogP contribution is 2.31. The number of rotatable bonds is 2. The van der Waals surface area contributed by atoms with Crippen LogP contribution in [0.15, 0.2) is 36.4 Å². The Bertz CT molecular complexity index is 713. The van der Waals surface area contributed by atoms with E-state index in [0.717, 1.165) is 10.8 Å². The summed E-state index contributed by atoms with van der Waals surface area (Å²) in [6.45, 7) is 0.445. The third kappa shape index (κ3) is 2.14. The predicted molar refractivity (Wildman–Crippen MR) is 80.7 cm³/mol. The molecule has 0 bridgehead atoms. The lowest BCUT2D eigenvalue weighted by Gasteiger charge is -2.19. The molecule has 20 heavy (non-hydrogen) atoms. The van der Waals surface area contributed by atoms with Crippen molar-refractivity contribution in [1.29, 1.82) is 0 Å². The molecule has 1 saturated heterocycles. The van der Waals surface area contributed by atoms with Gasteiger partial charge >= 0.3 is 5.97 Å². The fourth-order valence-corrected chi connectivity index (χ4v) is 2.86. The summed E-state index contributed by atoms with van der Waals surface area (Å²) >= 11 is 4.31. The van der Waals surface area contributed by atoms with E-state index in [9.17, 15) is 14.7 Å². The van der Waals surface area contributed by atoms with E-state index in [1.165, 1.54) is 4.90 Å². The number of carboxylic acids is 1. The highest BCUT2D eigenvalue weighted by molar-refractivity contribution is 7.81. The van der Waals surface area contributed by atoms with Gasteiger partial charge in [0.2, 0.25) is 5.91 Å². The molecule has 2 aromatic rings. The summed E-state index contributed by atoms with van der Waals surface area (Å²) < 4.78 is 0. The van der Waals surface area contributed by atoms with Crippen LogP contribution in [0.2, 0.25) is 0 Å². The number of amides is 1. The molecular formula is C15H13NO3S. The van der Waals surface area contributed by atoms with E-state index in [-0.39, 0.29) is 16.7 Å². The molecule has 0 aromatic heterocycles. The molecule has 1 heterocycles. The minimum atomic E-state index is -1.03. The number of aromatic carboxylic acids is 1. The molecule has 4 nitrogen and oxygen atoms in total. The zero-order valence-electron chi connectivity index (χ0n) is 10.6. The lowest BCUT2D eigenvalue weighted by molar-refractivity contribution is -0.117. The van der Waals surface area contributed by atoms with E-state index in [2.05, 4.69) is 12.6 Å². The number of hydrogen-bond donors (Lipinski definition) is 2. The molecule has 1 amide bonds. The van der Waals surface area contributed by atoms with Gasteiger partial charge in [-0.15, -0.1) is 0 Å². The molecule has 1 fully saturated rings. The molecule has 0 aliphatic carbocycles. The Kier molecular flexibility index (Phi) is 3.14. The minimum absolute atomic E-state index is 0.0457. The van der Waals surface area contributed by atoms with Gasteiger partial charge < -0.3 is 10.0 Å². The molecule has 1 aliphatic heterocycles. The monoisotopic (exact) mass is 287 g/mol. The second-order valence-corrected chi connectivity index (χ2v) is 5.61. The Balaban J connectivity index is 2.20. The summed E-state index contributed by atoms with van der Waals surface area (Å²) in [5.74, 6) is -1.11. The molecule has 1 aliphatic rings. The van der Waals surface area contributed by atoms with Crippen LogP contribution in [0.4, 0.5) is 5.69 Å². The van der Waals surface area contributed by atoms with Crippen LogP contribution in [0, 0.1) is 0 Å². The topological polar surface area (TPSA) is 57.6 Å². The molecule has 0 saturated carbocycles. The van der Waals surface area contributed by atoms with Gasteiger partial charge in [-0.25, -0.2) is 4.79 Å². The van der Waals surface area contributed by atoms with Crippen molar-refractivity contribution in [3.63, 3.8) is 0 Å². The number of carbonyl (C=O) groups excluding carboxylic acids is 1. The lowest BCUT2D eigenvalue weighted by Crippen LogP contribution is -2.26. The molecule has 2 aromatic carbocycles. The summed E-state index contributed by atoms with van der Waals surface area (Å²) in [6, 6.07) is 10.9. The van der Waals surface area contributed by atoms with Crippen LogP contribution in [0.5, 0.6) is 0 Å². The number of fused-ring (bicyclic) bond motifs is 1. The summed E-state index contributed by atoms with van der Waals surface area (Å²) in [5, 5.41) is 11.1. The van der Waals surface area contributed by atoms with Crippen LogP contribution >= 0.6 is 12.6 Å². The highest BCUT2D eigenvalue weighted by atomic mass is 32.1. The number of anilines is 1. The van der Waals surface area contributed by atoms with E-state index in [1.54, 1.807) is 12.1 Å². The van der Waals surface area contributed by atoms with Gasteiger partial charge in [0.1, 0.15) is 0 Å². The maximum absolute atomic E-state index is 12.0. The van der Waals surface area contributed by atoms with Crippen molar-refractivity contribution in [2.75, 3.05) is 11.4 Å². The largest absolute Gasteiger partial charge is 0.478 e. The van der Waals surface area contributed by atoms with Crippen molar-refractivity contribution in [3.05, 3.63) is 42.0 Å². The summed E-state index contributed by atoms with van der Waals surface area (Å²) in [6.07, 6.45) is 0.342. The molecule has 5 heteroatoms. The highest BCUT2D eigenvalue weighted by Gasteiger charge is 2.31. The van der Waals surface area contributed by atoms with Gasteiger partial charge in [-0.1, -0.05) is 24.3 Å². The standard InChI is InChI=1S/C15H13NO3S/c17-14-7-11(20)8-16(14)13-6-10-4-2-1-3-9(10)5-12(13)15(18)19/h1-6,11,20H,7-8H2,(H,18,19). The Morgan fingerprint density at radius 3 is 2.45 bits per heavy atom. The van der Waals surface area contributed by atoms with Gasteiger partial charge in [0.15, 0.2) is 0 Å². The molecule has 1 unspecified atom stereocenters. The Hall–Kier alpha value is -2.01. The van der Waals surface area contributed by atoms with Gasteiger partial charge in [0.05, 0.1) is 11.3 Å². The first-order valence-corrected chi connectivity index (χ1v) is 6.82. The quantitative estimate of drug-likeness (QED) is 0.835. The molecular weight excluding hydrogens is 274 g/mol. The molecule has 1 atom stereocenters. The number of carboxylic acid groups (broad SMARTS) is 1. The van der Waals surface area contributed by atoms with Crippen molar-refractivity contribution in [2.45, 2.75) is 11.7 Å². The fraction of sp³-hybridized carbons (Fsp3) is 0.200. The zero-order valence-corrected chi connectivity index (χ0v) is 11.5. The van der Waals surface area contributed by atoms with E-state index in [4.69, 9.17) is 0 Å². The van der Waals surface area contributed by atoms with Crippen molar-refractivity contribution < 1.29 is 14.7 Å². The smallest absolute Gasteiger partial charge is 0.337 e. The van der Waals surface area contributed by atoms with Crippen LogP contribution in [-0.2, 0) is 4.79 Å². The zero-order chi connectivity index (χ0) is 14.3. The summed E-state index contributed by atoms with van der Waals surface area (Å²) in [4.78, 5) is 25.0. The number of thiol groups is 1. The fourth-order valence-electron chi connectivity index (χ4n) is 2.54. The molecule has 0 spiro atoms. The molecule has 102 valence electrons. The number of carbonyl (C=O) groups is 2. The van der Waals surface area contributed by atoms with Gasteiger partial charge in [-0.2, -0.15) is 12.6 Å². The molecule has 3 rings (SSSR count). The van der Waals surface area contributed by atoms with Crippen LogP contribution < -0.4 is 4.90 Å². The Morgan fingerprint density at radius 1 is 1.25 bits per heavy atom. The Labute approximate surface area is 121 Å². The first-order valence-electron chi connectivity index (χ1n) is 6.31. The second kappa shape index (κ2) is 4.83. The minimum Gasteiger partial charge on any atom is -0.478 e. The van der Waals surface area contributed by atoms with E-state index >= 15 is 0 Å². The summed E-state index contributed by atoms with van der Waals surface area (Å²) in [7, 11) is 0. The van der Waals surface area contributed by atoms with Crippen LogP contribution in [0.3, 0.4) is 0 Å². The Morgan fingerprint density at radius 2 is 1.90 bits per heavy atom. The van der Waals surface area contributed by atoms with E-state index < -0.39 is 5.97 Å². The van der Waals surface area contributed by atoms with Gasteiger partial charge in [0, 0.05) is 18.2 Å². The normalized spacial score (nSPS) is 18.8. The van der Waals surface area contributed by atoms with E-state index in [1.807, 2.05) is 24.3 Å². The maximum atomic E-state index is 12.0. The van der Waals surface area contributed by atoms with Gasteiger partial charge in [-0.3, -0.25) is 4.79 Å². The second-order valence-electron chi connectivity index (χ2n) is 4.88. The number of hydrogen-bond acceptors (Lipinski definition) is 3. The average molecular weight is 287 g/mol. The first kappa shape index (κ1) is 13.0. The van der Waals surface area contributed by atoms with Crippen LogP contribution in [0.1, 0.15) is 16.8 Å². The summed E-state index contributed by atoms with van der Waals surface area (Å²) in [5.41, 5.74) is 0.609. The SMILES string of the molecule is O=C(O)c1cc2ccccc2cc1N1CC(S)CC1=O. The van der Waals surface area contributed by atoms with Crippen molar-refractivity contribution in [1.82, 2.24) is 0 Å². The predicted octanol–water partition coefficient (Wildman–Crippen LogP) is 2.57. The maximum Gasteiger partial charge on any atom is 0.337 e.